The first kappa shape index (κ1) is 19.4. The Labute approximate surface area is 185 Å². The van der Waals surface area contributed by atoms with E-state index in [4.69, 9.17) is 4.74 Å². The lowest BCUT2D eigenvalue weighted by Gasteiger charge is -2.42. The van der Waals surface area contributed by atoms with Gasteiger partial charge in [-0.1, -0.05) is 6.07 Å². The van der Waals surface area contributed by atoms with Crippen molar-refractivity contribution in [2.45, 2.75) is 37.4 Å². The lowest BCUT2D eigenvalue weighted by Crippen LogP contribution is -2.59. The van der Waals surface area contributed by atoms with E-state index in [-0.39, 0.29) is 29.8 Å². The van der Waals surface area contributed by atoms with Crippen molar-refractivity contribution < 1.29 is 14.6 Å². The van der Waals surface area contributed by atoms with E-state index < -0.39 is 0 Å². The van der Waals surface area contributed by atoms with Crippen LogP contribution in [0.5, 0.6) is 5.75 Å². The Morgan fingerprint density at radius 3 is 2.66 bits per heavy atom. The van der Waals surface area contributed by atoms with Crippen LogP contribution in [0, 0.1) is 0 Å². The number of anilines is 1. The number of phenols is 1. The maximum absolute atomic E-state index is 12.9. The van der Waals surface area contributed by atoms with E-state index in [1.54, 1.807) is 16.9 Å². The molecule has 3 atom stereocenters. The Kier molecular flexibility index (Phi) is 4.48. The highest BCUT2D eigenvalue weighted by atomic mass is 16.5. The molecule has 1 amide bonds. The molecule has 1 unspecified atom stereocenters. The summed E-state index contributed by atoms with van der Waals surface area (Å²) in [6.07, 6.45) is 5.65. The maximum atomic E-state index is 12.9. The van der Waals surface area contributed by atoms with Gasteiger partial charge >= 0.3 is 0 Å². The van der Waals surface area contributed by atoms with E-state index >= 15 is 0 Å². The normalized spacial score (nSPS) is 24.6. The number of aromatic hydroxyl groups is 1. The molecule has 32 heavy (non-hydrogen) atoms. The largest absolute Gasteiger partial charge is 0.507 e. The number of aromatic nitrogens is 4. The average molecular weight is 432 g/mol. The third-order valence-corrected chi connectivity index (χ3v) is 6.59. The highest BCUT2D eigenvalue weighted by Gasteiger charge is 2.41. The number of piperidine rings is 1. The molecular formula is C23H24N6O3. The van der Waals surface area contributed by atoms with Crippen molar-refractivity contribution in [3.63, 3.8) is 0 Å². The molecule has 3 aromatic rings. The van der Waals surface area contributed by atoms with E-state index in [0.717, 1.165) is 29.5 Å². The van der Waals surface area contributed by atoms with Gasteiger partial charge in [-0.05, 0) is 36.6 Å². The number of nitrogens with one attached hydrogen (secondary N) is 1. The SMILES string of the molecule is Cn1cc(-c2ccc(-c3cc4c(nn3)N([C@@H]3CC5COC[C@@H](C3)N5)C(=O)C4)c(O)c2)cn1. The quantitative estimate of drug-likeness (QED) is 0.648. The molecule has 2 saturated heterocycles. The number of aryl methyl sites for hydroxylation is 1. The van der Waals surface area contributed by atoms with Crippen LogP contribution in [0.25, 0.3) is 22.4 Å². The van der Waals surface area contributed by atoms with Gasteiger partial charge in [-0.25, -0.2) is 0 Å². The monoisotopic (exact) mass is 432 g/mol. The zero-order valence-electron chi connectivity index (χ0n) is 17.7. The minimum atomic E-state index is 0.0634. The zero-order valence-corrected chi connectivity index (χ0v) is 17.7. The van der Waals surface area contributed by atoms with Crippen LogP contribution in [0.2, 0.25) is 0 Å². The number of ether oxygens (including phenoxy) is 1. The average Bonchev–Trinajstić information content (AvgIpc) is 3.35. The first-order valence-electron chi connectivity index (χ1n) is 10.9. The minimum absolute atomic E-state index is 0.0634. The molecule has 0 saturated carbocycles. The van der Waals surface area contributed by atoms with Gasteiger partial charge in [0.15, 0.2) is 5.82 Å². The second kappa shape index (κ2) is 7.39. The molecule has 1 aromatic carbocycles. The third kappa shape index (κ3) is 3.25. The number of carbonyl (C=O) groups excluding carboxylic acids is 1. The minimum Gasteiger partial charge on any atom is -0.507 e. The molecule has 164 valence electrons. The number of amides is 1. The fraction of sp³-hybridized carbons (Fsp3) is 0.391. The topological polar surface area (TPSA) is 105 Å². The molecular weight excluding hydrogens is 408 g/mol. The van der Waals surface area contributed by atoms with Crippen molar-refractivity contribution in [3.05, 3.63) is 42.2 Å². The summed E-state index contributed by atoms with van der Waals surface area (Å²) in [5.41, 5.74) is 3.80. The Bertz CT molecular complexity index is 1200. The van der Waals surface area contributed by atoms with Gasteiger partial charge in [0.05, 0.1) is 31.5 Å². The summed E-state index contributed by atoms with van der Waals surface area (Å²) in [5.74, 6) is 0.831. The molecule has 9 nitrogen and oxygen atoms in total. The number of rotatable bonds is 3. The van der Waals surface area contributed by atoms with Gasteiger partial charge in [0, 0.05) is 48.1 Å². The lowest BCUT2D eigenvalue weighted by molar-refractivity contribution is -0.118. The van der Waals surface area contributed by atoms with E-state index in [2.05, 4.69) is 20.6 Å². The summed E-state index contributed by atoms with van der Waals surface area (Å²) in [6.45, 7) is 1.36. The summed E-state index contributed by atoms with van der Waals surface area (Å²) in [4.78, 5) is 14.8. The third-order valence-electron chi connectivity index (χ3n) is 6.59. The van der Waals surface area contributed by atoms with Crippen molar-refractivity contribution >= 4 is 11.7 Å². The number of nitrogens with zero attached hydrogens (tertiary/aromatic N) is 5. The van der Waals surface area contributed by atoms with E-state index in [1.165, 1.54) is 0 Å². The number of morpholine rings is 1. The summed E-state index contributed by atoms with van der Waals surface area (Å²) >= 11 is 0. The molecule has 9 heteroatoms. The summed E-state index contributed by atoms with van der Waals surface area (Å²) in [5, 5.41) is 27.2. The first-order chi connectivity index (χ1) is 15.5. The van der Waals surface area contributed by atoms with Gasteiger partial charge in [0.1, 0.15) is 5.75 Å². The standard InChI is InChI=1S/C23H24N6O3/c1-28-10-15(9-24-28)13-2-3-19(21(30)5-13)20-4-14-6-22(31)29(23(14)27-26-20)18-7-16-11-32-12-17(8-18)25-16/h2-5,9-10,16-18,25,30H,6-8,11-12H2,1H3/t16-,17?,18+/m1/s1. The van der Waals surface area contributed by atoms with Crippen molar-refractivity contribution in [1.29, 1.82) is 0 Å². The van der Waals surface area contributed by atoms with Crippen molar-refractivity contribution in [2.75, 3.05) is 18.1 Å². The molecule has 0 aliphatic carbocycles. The summed E-state index contributed by atoms with van der Waals surface area (Å²) < 4.78 is 7.36. The van der Waals surface area contributed by atoms with E-state index in [0.29, 0.717) is 36.7 Å². The lowest BCUT2D eigenvalue weighted by atomic mass is 9.91. The van der Waals surface area contributed by atoms with Crippen LogP contribution < -0.4 is 10.2 Å². The van der Waals surface area contributed by atoms with Crippen molar-refractivity contribution in [3.8, 4) is 28.1 Å². The predicted octanol–water partition coefficient (Wildman–Crippen LogP) is 1.66. The molecule has 0 spiro atoms. The van der Waals surface area contributed by atoms with Crippen molar-refractivity contribution in [1.82, 2.24) is 25.3 Å². The van der Waals surface area contributed by atoms with Crippen molar-refractivity contribution in [2.24, 2.45) is 7.05 Å². The zero-order chi connectivity index (χ0) is 21.8. The van der Waals surface area contributed by atoms with Gasteiger partial charge < -0.3 is 15.2 Å². The molecule has 2 fully saturated rings. The highest BCUT2D eigenvalue weighted by Crippen LogP contribution is 2.37. The number of fused-ring (bicyclic) bond motifs is 3. The molecule has 3 aliphatic heterocycles. The maximum Gasteiger partial charge on any atom is 0.233 e. The van der Waals surface area contributed by atoms with Gasteiger partial charge in [-0.2, -0.15) is 5.10 Å². The van der Waals surface area contributed by atoms with Crippen LogP contribution in [0.4, 0.5) is 5.82 Å². The van der Waals surface area contributed by atoms with Gasteiger partial charge in [-0.15, -0.1) is 10.2 Å². The van der Waals surface area contributed by atoms with Crippen LogP contribution in [-0.2, 0) is 23.0 Å². The number of phenolic OH excluding ortho intramolecular Hbond substituents is 1. The Balaban J connectivity index is 1.29. The number of hydrogen-bond acceptors (Lipinski definition) is 7. The fourth-order valence-electron chi connectivity index (χ4n) is 5.15. The summed E-state index contributed by atoms with van der Waals surface area (Å²) in [6, 6.07) is 7.98. The molecule has 5 heterocycles. The fourth-order valence-corrected chi connectivity index (χ4v) is 5.15. The molecule has 2 N–H and O–H groups in total. The van der Waals surface area contributed by atoms with Crippen LogP contribution in [-0.4, -0.2) is 62.3 Å². The van der Waals surface area contributed by atoms with Crippen LogP contribution in [0.15, 0.2) is 36.7 Å². The van der Waals surface area contributed by atoms with E-state index in [1.807, 2.05) is 36.3 Å². The van der Waals surface area contributed by atoms with Gasteiger partial charge in [0.25, 0.3) is 0 Å². The number of benzene rings is 1. The summed E-state index contributed by atoms with van der Waals surface area (Å²) in [7, 11) is 1.85. The Morgan fingerprint density at radius 1 is 1.12 bits per heavy atom. The smallest absolute Gasteiger partial charge is 0.233 e. The molecule has 6 rings (SSSR count). The molecule has 3 aliphatic rings. The number of hydrogen-bond donors (Lipinski definition) is 2. The number of carbonyl (C=O) groups is 1. The molecule has 2 bridgehead atoms. The first-order valence-corrected chi connectivity index (χ1v) is 10.9. The van der Waals surface area contributed by atoms with Gasteiger partial charge in [-0.3, -0.25) is 14.4 Å². The second-order valence-corrected chi connectivity index (χ2v) is 8.88. The van der Waals surface area contributed by atoms with E-state index in [9.17, 15) is 9.90 Å². The van der Waals surface area contributed by atoms with Crippen LogP contribution in [0.1, 0.15) is 18.4 Å². The molecule has 0 radical (unpaired) electrons. The van der Waals surface area contributed by atoms with Crippen LogP contribution in [0.3, 0.4) is 0 Å². The highest BCUT2D eigenvalue weighted by molar-refractivity contribution is 6.01. The Morgan fingerprint density at radius 2 is 1.94 bits per heavy atom. The Hall–Kier alpha value is -3.30. The van der Waals surface area contributed by atoms with Gasteiger partial charge in [0.2, 0.25) is 5.91 Å². The van der Waals surface area contributed by atoms with Crippen LogP contribution >= 0.6 is 0 Å². The molecule has 2 aromatic heterocycles. The predicted molar refractivity (Wildman–Crippen MR) is 117 cm³/mol. The second-order valence-electron chi connectivity index (χ2n) is 8.88.